The smallest absolute Gasteiger partial charge is 0.425 e. The first-order valence-electron chi connectivity index (χ1n) is 19.5. The van der Waals surface area contributed by atoms with Crippen molar-refractivity contribution in [2.24, 2.45) is 5.73 Å². The quantitative estimate of drug-likeness (QED) is 0.0507. The Morgan fingerprint density at radius 2 is 1.68 bits per heavy atom. The van der Waals surface area contributed by atoms with E-state index in [9.17, 15) is 28.4 Å². The van der Waals surface area contributed by atoms with Crippen LogP contribution in [0, 0.1) is 0 Å². The highest BCUT2D eigenvalue weighted by atomic mass is 32.7. The number of alkyl halides is 1. The summed E-state index contributed by atoms with van der Waals surface area (Å²) in [5, 5.41) is 0. The van der Waals surface area contributed by atoms with Crippen LogP contribution in [0.3, 0.4) is 0 Å². The van der Waals surface area contributed by atoms with Gasteiger partial charge in [-0.25, -0.2) is 38.1 Å². The highest BCUT2D eigenvalue weighted by Gasteiger charge is 2.53. The van der Waals surface area contributed by atoms with Gasteiger partial charge in [0.15, 0.2) is 23.9 Å². The number of fused-ring (bicyclic) bond motifs is 3. The maximum atomic E-state index is 16.4. The molecule has 28 heteroatoms. The highest BCUT2D eigenvalue weighted by molar-refractivity contribution is 8.54. The first-order valence-corrected chi connectivity index (χ1v) is 24.1. The van der Waals surface area contributed by atoms with Crippen LogP contribution >= 0.6 is 26.0 Å². The number of ether oxygens (including phenoxy) is 6. The van der Waals surface area contributed by atoms with Gasteiger partial charge in [0.25, 0.3) is 5.56 Å². The molecule has 3 aliphatic heterocycles. The van der Waals surface area contributed by atoms with Crippen molar-refractivity contribution in [2.45, 2.75) is 61.6 Å². The minimum absolute atomic E-state index is 0.0523. The third-order valence-corrected chi connectivity index (χ3v) is 14.3. The zero-order chi connectivity index (χ0) is 44.6. The normalized spacial score (nSPS) is 28.8. The van der Waals surface area contributed by atoms with E-state index in [1.807, 2.05) is 4.98 Å². The van der Waals surface area contributed by atoms with Gasteiger partial charge >= 0.3 is 26.3 Å². The fraction of sp³-hybridized carbons (Fsp3) is 0.543. The van der Waals surface area contributed by atoms with E-state index in [0.717, 1.165) is 23.3 Å². The van der Waals surface area contributed by atoms with Crippen molar-refractivity contribution in [2.75, 3.05) is 65.1 Å². The van der Waals surface area contributed by atoms with Crippen LogP contribution in [0.2, 0.25) is 0 Å². The summed E-state index contributed by atoms with van der Waals surface area (Å²) in [5.74, 6) is -0.406. The number of hydrogen-bond acceptors (Lipinski definition) is 21. The van der Waals surface area contributed by atoms with Gasteiger partial charge in [-0.1, -0.05) is 12.1 Å². The summed E-state index contributed by atoms with van der Waals surface area (Å²) in [6, 6.07) is 7.15. The Bertz CT molecular complexity index is 2400. The Hall–Kier alpha value is -3.98. The van der Waals surface area contributed by atoms with Crippen LogP contribution < -0.4 is 27.5 Å². The lowest BCUT2D eigenvalue weighted by Gasteiger charge is -2.29. The number of aromatic nitrogens is 6. The van der Waals surface area contributed by atoms with Crippen LogP contribution in [0.1, 0.15) is 30.9 Å². The number of phosphoric acid groups is 1. The molecular formula is C35H45FN8O16P2S. The van der Waals surface area contributed by atoms with Crippen LogP contribution in [-0.4, -0.2) is 130 Å². The number of hydrogen-bond donors (Lipinski definition) is 4. The summed E-state index contributed by atoms with van der Waals surface area (Å²) < 4.78 is 103. The number of nitrogens with two attached hydrogens (primary N) is 2. The SMILES string of the molecule is NCCCOCCOCCOCC(=O)Oc1ccc(CSP2(=O)OC[C@H]3O[C@@H](n4cnc5c(N)ncnc54)C[C@@H]3OP(=O)(O)OC[C@H]3O[C@@H](n4ccc(=O)[nH]c4=O)[C@H](F)[C@@H]3O2)cc1. The molecule has 3 aromatic heterocycles. The molecule has 6 heterocycles. The fourth-order valence-corrected chi connectivity index (χ4v) is 10.9. The topological polar surface area (TPSA) is 314 Å². The number of nitrogens with one attached hydrogen (secondary N) is 1. The van der Waals surface area contributed by atoms with Crippen LogP contribution in [0.15, 0.2) is 58.8 Å². The Labute approximate surface area is 360 Å². The monoisotopic (exact) mass is 946 g/mol. The second-order valence-corrected chi connectivity index (χ2v) is 19.4. The number of imidazole rings is 1. The van der Waals surface area contributed by atoms with Crippen LogP contribution in [0.4, 0.5) is 10.2 Å². The summed E-state index contributed by atoms with van der Waals surface area (Å²) in [6.45, 7) is -3.93. The first-order chi connectivity index (χ1) is 30.3. The molecule has 7 rings (SSSR count). The number of nitrogens with zero attached hydrogens (tertiary/aromatic N) is 5. The number of rotatable bonds is 17. The Kier molecular flexibility index (Phi) is 15.9. The van der Waals surface area contributed by atoms with Crippen molar-refractivity contribution >= 4 is 49.0 Å². The number of anilines is 1. The number of aromatic amines is 1. The molecule has 63 heavy (non-hydrogen) atoms. The van der Waals surface area contributed by atoms with E-state index >= 15 is 4.39 Å². The van der Waals surface area contributed by atoms with Gasteiger partial charge in [-0.05, 0) is 42.0 Å². The molecule has 3 saturated heterocycles. The average molecular weight is 947 g/mol. The number of phosphoric ester groups is 1. The zero-order valence-electron chi connectivity index (χ0n) is 33.3. The lowest BCUT2D eigenvalue weighted by atomic mass is 10.1. The van der Waals surface area contributed by atoms with Crippen molar-refractivity contribution in [3.05, 3.63) is 75.6 Å². The van der Waals surface area contributed by atoms with Gasteiger partial charge < -0.3 is 44.8 Å². The molecule has 3 aliphatic rings. The number of nitrogen functional groups attached to an aromatic ring is 1. The van der Waals surface area contributed by atoms with Gasteiger partial charge in [-0.2, -0.15) is 0 Å². The molecule has 0 saturated carbocycles. The number of esters is 1. The van der Waals surface area contributed by atoms with Gasteiger partial charge in [0, 0.05) is 31.0 Å². The van der Waals surface area contributed by atoms with Crippen molar-refractivity contribution < 1.29 is 69.7 Å². The molecule has 0 amide bonds. The van der Waals surface area contributed by atoms with Gasteiger partial charge in [0.1, 0.15) is 54.8 Å². The standard InChI is InChI=1S/C35H45FN8O16P2S/c36-29-31-25(58-34(29)43-8-6-26(45)42-35(43)47)16-54-61(48,49)59-23-14-27(44-20-41-30-32(38)39-19-40-33(30)44)57-24(23)15-55-62(50,60-31)63-18-21-2-4-22(5-3-21)56-28(46)17-53-13-12-52-11-10-51-9-1-7-37/h2-6,8,19-20,23-25,27,29,31,34H,1,7,9-18,37H2,(H,48,49)(H2,38,39,40)(H,42,45,47)/t23-,24+,25+,27+,29+,31+,34+,62?/m0/s1. The second-order valence-electron chi connectivity index (χ2n) is 14.0. The lowest BCUT2D eigenvalue weighted by molar-refractivity contribution is -0.140. The molecule has 24 nitrogen and oxygen atoms in total. The summed E-state index contributed by atoms with van der Waals surface area (Å²) in [4.78, 5) is 62.0. The predicted molar refractivity (Wildman–Crippen MR) is 217 cm³/mol. The minimum Gasteiger partial charge on any atom is -0.425 e. The summed E-state index contributed by atoms with van der Waals surface area (Å²) in [7, 11) is -4.96. The van der Waals surface area contributed by atoms with Gasteiger partial charge in [0.2, 0.25) is 0 Å². The maximum absolute atomic E-state index is 16.4. The summed E-state index contributed by atoms with van der Waals surface area (Å²) in [5.41, 5.74) is 10.7. The van der Waals surface area contributed by atoms with Crippen LogP contribution in [0.25, 0.3) is 11.2 Å². The molecule has 6 N–H and O–H groups in total. The Morgan fingerprint density at radius 3 is 2.44 bits per heavy atom. The van der Waals surface area contributed by atoms with Gasteiger partial charge in [-0.3, -0.25) is 37.0 Å². The Balaban J connectivity index is 1.03. The van der Waals surface area contributed by atoms with Crippen LogP contribution in [-0.2, 0) is 61.5 Å². The third kappa shape index (κ3) is 12.2. The summed E-state index contributed by atoms with van der Waals surface area (Å²) >= 11 is 0.669. The molecular weight excluding hydrogens is 901 g/mol. The number of H-pyrrole nitrogens is 1. The van der Waals surface area contributed by atoms with Crippen molar-refractivity contribution in [1.82, 2.24) is 29.1 Å². The number of benzene rings is 1. The third-order valence-electron chi connectivity index (χ3n) is 9.59. The molecule has 2 unspecified atom stereocenters. The lowest BCUT2D eigenvalue weighted by Crippen LogP contribution is -2.37. The predicted octanol–water partition coefficient (Wildman–Crippen LogP) is 1.74. The molecule has 3 fully saturated rings. The number of carbonyl (C=O) groups excluding carboxylic acids is 1. The summed E-state index contributed by atoms with van der Waals surface area (Å²) in [6.07, 6.45) is -6.42. The zero-order valence-corrected chi connectivity index (χ0v) is 35.9. The fourth-order valence-electron chi connectivity index (χ4n) is 6.55. The highest BCUT2D eigenvalue weighted by Crippen LogP contribution is 2.64. The van der Waals surface area contributed by atoms with Crippen molar-refractivity contribution in [1.29, 1.82) is 0 Å². The Morgan fingerprint density at radius 1 is 0.937 bits per heavy atom. The van der Waals surface area contributed by atoms with Crippen molar-refractivity contribution in [3.8, 4) is 5.75 Å². The molecule has 0 spiro atoms. The molecule has 344 valence electrons. The van der Waals surface area contributed by atoms with E-state index in [1.165, 1.54) is 29.4 Å². The first kappa shape index (κ1) is 47.0. The molecule has 0 radical (unpaired) electrons. The molecule has 4 aromatic rings. The van der Waals surface area contributed by atoms with Gasteiger partial charge in [0.05, 0.1) is 46.0 Å². The van der Waals surface area contributed by atoms with Crippen molar-refractivity contribution in [3.63, 3.8) is 0 Å². The molecule has 9 atom stereocenters. The average Bonchev–Trinajstić information content (AvgIpc) is 3.95. The maximum Gasteiger partial charge on any atom is 0.472 e. The van der Waals surface area contributed by atoms with E-state index in [0.29, 0.717) is 49.0 Å². The second kappa shape index (κ2) is 21.3. The number of carbonyl (C=O) groups is 1. The number of halogens is 1. The van der Waals surface area contributed by atoms with E-state index in [-0.39, 0.29) is 49.1 Å². The molecule has 0 bridgehead atoms. The van der Waals surface area contributed by atoms with E-state index < -0.39 is 88.1 Å². The molecule has 1 aromatic carbocycles. The molecule has 0 aliphatic carbocycles. The van der Waals surface area contributed by atoms with Crippen LogP contribution in [0.5, 0.6) is 5.75 Å². The van der Waals surface area contributed by atoms with E-state index in [2.05, 4.69) is 15.0 Å². The largest absolute Gasteiger partial charge is 0.472 e. The minimum atomic E-state index is -4.96. The van der Waals surface area contributed by atoms with E-state index in [4.69, 9.17) is 58.0 Å². The van der Waals surface area contributed by atoms with E-state index in [1.54, 1.807) is 12.1 Å². The van der Waals surface area contributed by atoms with Gasteiger partial charge in [-0.15, -0.1) is 0 Å².